The molecule has 1 saturated heterocycles. The maximum atomic E-state index is 12.2. The van der Waals surface area contributed by atoms with E-state index in [0.717, 1.165) is 12.8 Å². The van der Waals surface area contributed by atoms with Crippen LogP contribution in [-0.4, -0.2) is 42.0 Å². The Morgan fingerprint density at radius 2 is 2.26 bits per heavy atom. The summed E-state index contributed by atoms with van der Waals surface area (Å²) in [6.45, 7) is 1.02. The van der Waals surface area contributed by atoms with E-state index in [-0.39, 0.29) is 17.8 Å². The number of pyridine rings is 1. The largest absolute Gasteiger partial charge is 0.469 e. The molecule has 0 saturated carbocycles. The molecule has 1 aromatic heterocycles. The van der Waals surface area contributed by atoms with Crippen LogP contribution in [-0.2, 0) is 9.53 Å². The average Bonchev–Trinajstić information content (AvgIpc) is 2.46. The van der Waals surface area contributed by atoms with Gasteiger partial charge in [-0.1, -0.05) is 0 Å². The number of hydrogen-bond acceptors (Lipinski definition) is 5. The standard InChI is InChI=1S/C13H17N3O3/c1-19-13(18)9-3-2-6-16(8-9)12(17)11-5-4-10(14)7-15-11/h4-5,7,9H,2-3,6,8,14H2,1H3. The van der Waals surface area contributed by atoms with E-state index in [2.05, 4.69) is 4.98 Å². The highest BCUT2D eigenvalue weighted by Crippen LogP contribution is 2.19. The van der Waals surface area contributed by atoms with Gasteiger partial charge in [-0.25, -0.2) is 4.98 Å². The lowest BCUT2D eigenvalue weighted by Gasteiger charge is -2.31. The van der Waals surface area contributed by atoms with E-state index in [9.17, 15) is 9.59 Å². The smallest absolute Gasteiger partial charge is 0.310 e. The van der Waals surface area contributed by atoms with E-state index in [1.54, 1.807) is 17.0 Å². The first-order valence-corrected chi connectivity index (χ1v) is 6.20. The Labute approximate surface area is 111 Å². The van der Waals surface area contributed by atoms with Gasteiger partial charge in [-0.05, 0) is 25.0 Å². The molecule has 1 aliphatic heterocycles. The molecule has 0 aromatic carbocycles. The maximum Gasteiger partial charge on any atom is 0.310 e. The van der Waals surface area contributed by atoms with Crippen molar-refractivity contribution in [3.05, 3.63) is 24.0 Å². The summed E-state index contributed by atoms with van der Waals surface area (Å²) in [6.07, 6.45) is 3.00. The number of nitrogens with zero attached hydrogens (tertiary/aromatic N) is 2. The first kappa shape index (κ1) is 13.3. The number of nitrogens with two attached hydrogens (primary N) is 1. The van der Waals surface area contributed by atoms with E-state index in [4.69, 9.17) is 10.5 Å². The lowest BCUT2D eigenvalue weighted by molar-refractivity contribution is -0.146. The number of carbonyl (C=O) groups excluding carboxylic acids is 2. The van der Waals surface area contributed by atoms with Crippen molar-refractivity contribution in [3.63, 3.8) is 0 Å². The molecule has 6 heteroatoms. The summed E-state index contributed by atoms with van der Waals surface area (Å²) in [5, 5.41) is 0. The van der Waals surface area contributed by atoms with Gasteiger partial charge in [-0.3, -0.25) is 9.59 Å². The highest BCUT2D eigenvalue weighted by atomic mass is 16.5. The number of anilines is 1. The molecule has 102 valence electrons. The monoisotopic (exact) mass is 263 g/mol. The van der Waals surface area contributed by atoms with E-state index in [1.165, 1.54) is 13.3 Å². The number of esters is 1. The molecule has 6 nitrogen and oxygen atoms in total. The maximum absolute atomic E-state index is 12.2. The molecule has 1 fully saturated rings. The number of carbonyl (C=O) groups is 2. The molecule has 2 rings (SSSR count). The lowest BCUT2D eigenvalue weighted by Crippen LogP contribution is -2.42. The Bertz CT molecular complexity index is 473. The first-order valence-electron chi connectivity index (χ1n) is 6.20. The van der Waals surface area contributed by atoms with Gasteiger partial charge in [-0.2, -0.15) is 0 Å². The Kier molecular flexibility index (Phi) is 3.99. The van der Waals surface area contributed by atoms with Gasteiger partial charge < -0.3 is 15.4 Å². The molecule has 1 amide bonds. The minimum atomic E-state index is -0.261. The second-order valence-electron chi connectivity index (χ2n) is 4.59. The minimum Gasteiger partial charge on any atom is -0.469 e. The van der Waals surface area contributed by atoms with Crippen LogP contribution in [0.4, 0.5) is 5.69 Å². The fourth-order valence-electron chi connectivity index (χ4n) is 2.21. The zero-order valence-corrected chi connectivity index (χ0v) is 10.8. The van der Waals surface area contributed by atoms with Gasteiger partial charge in [0.25, 0.3) is 5.91 Å². The number of likely N-dealkylation sites (tertiary alicyclic amines) is 1. The molecule has 1 aliphatic rings. The SMILES string of the molecule is COC(=O)C1CCCN(C(=O)c2ccc(N)cn2)C1. The lowest BCUT2D eigenvalue weighted by atomic mass is 9.98. The second-order valence-corrected chi connectivity index (χ2v) is 4.59. The summed E-state index contributed by atoms with van der Waals surface area (Å²) in [7, 11) is 1.37. The molecule has 2 heterocycles. The fraction of sp³-hybridized carbons (Fsp3) is 0.462. The van der Waals surface area contributed by atoms with E-state index in [1.807, 2.05) is 0 Å². The Morgan fingerprint density at radius 3 is 2.89 bits per heavy atom. The average molecular weight is 263 g/mol. The normalized spacial score (nSPS) is 19.0. The van der Waals surface area contributed by atoms with Gasteiger partial charge in [-0.15, -0.1) is 0 Å². The highest BCUT2D eigenvalue weighted by molar-refractivity contribution is 5.92. The molecule has 1 unspecified atom stereocenters. The van der Waals surface area contributed by atoms with Crippen LogP contribution >= 0.6 is 0 Å². The van der Waals surface area contributed by atoms with Crippen molar-refractivity contribution in [2.75, 3.05) is 25.9 Å². The van der Waals surface area contributed by atoms with E-state index in [0.29, 0.717) is 24.5 Å². The van der Waals surface area contributed by atoms with Crippen LogP contribution < -0.4 is 5.73 Å². The van der Waals surface area contributed by atoms with Crippen LogP contribution in [0.3, 0.4) is 0 Å². The van der Waals surface area contributed by atoms with Crippen molar-refractivity contribution >= 4 is 17.6 Å². The molecule has 2 N–H and O–H groups in total. The molecular weight excluding hydrogens is 246 g/mol. The van der Waals surface area contributed by atoms with Crippen LogP contribution in [0.1, 0.15) is 23.3 Å². The fourth-order valence-corrected chi connectivity index (χ4v) is 2.21. The molecule has 19 heavy (non-hydrogen) atoms. The molecule has 0 spiro atoms. The van der Waals surface area contributed by atoms with Crippen LogP contribution in [0.25, 0.3) is 0 Å². The topological polar surface area (TPSA) is 85.5 Å². The van der Waals surface area contributed by atoms with E-state index < -0.39 is 0 Å². The zero-order valence-electron chi connectivity index (χ0n) is 10.8. The highest BCUT2D eigenvalue weighted by Gasteiger charge is 2.29. The molecule has 1 atom stereocenters. The summed E-state index contributed by atoms with van der Waals surface area (Å²) in [4.78, 5) is 29.4. The number of hydrogen-bond donors (Lipinski definition) is 1. The molecular formula is C13H17N3O3. The number of nitrogen functional groups attached to an aromatic ring is 1. The van der Waals surface area contributed by atoms with Crippen LogP contribution in [0.15, 0.2) is 18.3 Å². The number of rotatable bonds is 2. The van der Waals surface area contributed by atoms with Gasteiger partial charge >= 0.3 is 5.97 Å². The Morgan fingerprint density at radius 1 is 1.47 bits per heavy atom. The van der Waals surface area contributed by atoms with Crippen molar-refractivity contribution in [3.8, 4) is 0 Å². The number of amides is 1. The van der Waals surface area contributed by atoms with Gasteiger partial charge in [0.2, 0.25) is 0 Å². The van der Waals surface area contributed by atoms with Crippen LogP contribution in [0.5, 0.6) is 0 Å². The number of piperidine rings is 1. The van der Waals surface area contributed by atoms with E-state index >= 15 is 0 Å². The molecule has 1 aromatic rings. The van der Waals surface area contributed by atoms with Crippen molar-refractivity contribution in [1.82, 2.24) is 9.88 Å². The van der Waals surface area contributed by atoms with Gasteiger partial charge in [0, 0.05) is 13.1 Å². The third-order valence-corrected chi connectivity index (χ3v) is 3.25. The summed E-state index contributed by atoms with van der Waals surface area (Å²) in [5.74, 6) is -0.673. The van der Waals surface area contributed by atoms with Crippen LogP contribution in [0.2, 0.25) is 0 Å². The molecule has 0 bridgehead atoms. The van der Waals surface area contributed by atoms with Crippen molar-refractivity contribution in [2.45, 2.75) is 12.8 Å². The number of ether oxygens (including phenoxy) is 1. The van der Waals surface area contributed by atoms with Gasteiger partial charge in [0.15, 0.2) is 0 Å². The number of methoxy groups -OCH3 is 1. The second kappa shape index (κ2) is 5.69. The summed E-state index contributed by atoms with van der Waals surface area (Å²) in [5.41, 5.74) is 6.40. The first-order chi connectivity index (χ1) is 9.11. The van der Waals surface area contributed by atoms with Crippen LogP contribution in [0, 0.1) is 5.92 Å². The van der Waals surface area contributed by atoms with Gasteiger partial charge in [0.1, 0.15) is 5.69 Å². The molecule has 0 aliphatic carbocycles. The summed E-state index contributed by atoms with van der Waals surface area (Å²) >= 11 is 0. The van der Waals surface area contributed by atoms with Crippen molar-refractivity contribution in [1.29, 1.82) is 0 Å². The zero-order chi connectivity index (χ0) is 13.8. The third kappa shape index (κ3) is 3.01. The minimum absolute atomic E-state index is 0.173. The quantitative estimate of drug-likeness (QED) is 0.793. The predicted molar refractivity (Wildman–Crippen MR) is 69.3 cm³/mol. The summed E-state index contributed by atoms with van der Waals surface area (Å²) in [6, 6.07) is 3.24. The van der Waals surface area contributed by atoms with Gasteiger partial charge in [0.05, 0.1) is 24.9 Å². The Balaban J connectivity index is 2.06. The third-order valence-electron chi connectivity index (χ3n) is 3.25. The van der Waals surface area contributed by atoms with Crippen molar-refractivity contribution < 1.29 is 14.3 Å². The molecule has 0 radical (unpaired) electrons. The Hall–Kier alpha value is -2.11. The predicted octanol–water partition coefficient (Wildman–Crippen LogP) is 0.689. The summed E-state index contributed by atoms with van der Waals surface area (Å²) < 4.78 is 4.73. The van der Waals surface area contributed by atoms with Crippen molar-refractivity contribution in [2.24, 2.45) is 5.92 Å². The number of aromatic nitrogens is 1.